The number of pyridine rings is 1. The fourth-order valence-corrected chi connectivity index (χ4v) is 3.40. The summed E-state index contributed by atoms with van der Waals surface area (Å²) >= 11 is 0. The molecule has 1 amide bonds. The molecule has 1 aromatic heterocycles. The van der Waals surface area contributed by atoms with Crippen molar-refractivity contribution >= 4 is 5.91 Å². The number of rotatable bonds is 2. The normalized spacial score (nSPS) is 29.6. The van der Waals surface area contributed by atoms with Gasteiger partial charge < -0.3 is 10.0 Å². The number of carbonyl (C=O) groups is 1. The second-order valence-electron chi connectivity index (χ2n) is 5.81. The highest BCUT2D eigenvalue weighted by Crippen LogP contribution is 2.38. The third-order valence-corrected chi connectivity index (χ3v) is 4.61. The van der Waals surface area contributed by atoms with Crippen LogP contribution in [0, 0.1) is 18.8 Å². The number of hydrogen-bond acceptors (Lipinski definition) is 3. The van der Waals surface area contributed by atoms with Gasteiger partial charge in [-0.1, -0.05) is 6.07 Å². The van der Waals surface area contributed by atoms with Gasteiger partial charge in [-0.3, -0.25) is 9.78 Å². The monoisotopic (exact) mass is 260 g/mol. The lowest BCUT2D eigenvalue weighted by Gasteiger charge is -2.18. The van der Waals surface area contributed by atoms with Crippen molar-refractivity contribution < 1.29 is 9.90 Å². The van der Waals surface area contributed by atoms with Gasteiger partial charge in [-0.05, 0) is 37.3 Å². The second kappa shape index (κ2) is 4.93. The van der Waals surface area contributed by atoms with Gasteiger partial charge in [-0.15, -0.1) is 0 Å². The zero-order valence-corrected chi connectivity index (χ0v) is 11.2. The van der Waals surface area contributed by atoms with Crippen LogP contribution in [0.25, 0.3) is 0 Å². The largest absolute Gasteiger partial charge is 0.393 e. The Morgan fingerprint density at radius 1 is 1.47 bits per heavy atom. The van der Waals surface area contributed by atoms with Gasteiger partial charge in [0.1, 0.15) is 0 Å². The number of aliphatic hydroxyl groups is 1. The van der Waals surface area contributed by atoms with E-state index in [1.165, 1.54) is 0 Å². The van der Waals surface area contributed by atoms with Crippen LogP contribution in [0.5, 0.6) is 0 Å². The maximum Gasteiger partial charge on any atom is 0.228 e. The molecule has 1 aliphatic carbocycles. The summed E-state index contributed by atoms with van der Waals surface area (Å²) in [6.07, 6.45) is 3.86. The van der Waals surface area contributed by atoms with Crippen molar-refractivity contribution in [3.05, 3.63) is 29.6 Å². The van der Waals surface area contributed by atoms with E-state index < -0.39 is 0 Å². The van der Waals surface area contributed by atoms with E-state index in [1.54, 1.807) is 6.20 Å². The number of aliphatic hydroxyl groups excluding tert-OH is 1. The van der Waals surface area contributed by atoms with E-state index in [0.29, 0.717) is 18.3 Å². The zero-order valence-electron chi connectivity index (χ0n) is 11.2. The Labute approximate surface area is 113 Å². The van der Waals surface area contributed by atoms with Gasteiger partial charge in [-0.25, -0.2) is 0 Å². The Morgan fingerprint density at radius 3 is 3.05 bits per heavy atom. The van der Waals surface area contributed by atoms with Crippen LogP contribution >= 0.6 is 0 Å². The van der Waals surface area contributed by atoms with E-state index in [1.807, 2.05) is 24.0 Å². The van der Waals surface area contributed by atoms with Gasteiger partial charge in [-0.2, -0.15) is 0 Å². The molecule has 0 spiro atoms. The number of aryl methyl sites for hydroxylation is 1. The summed E-state index contributed by atoms with van der Waals surface area (Å²) in [6.45, 7) is 3.51. The van der Waals surface area contributed by atoms with Crippen molar-refractivity contribution in [2.75, 3.05) is 13.1 Å². The first-order valence-electron chi connectivity index (χ1n) is 7.01. The third kappa shape index (κ3) is 2.37. The van der Waals surface area contributed by atoms with Crippen LogP contribution in [0.3, 0.4) is 0 Å². The second-order valence-corrected chi connectivity index (χ2v) is 5.81. The first-order chi connectivity index (χ1) is 9.15. The quantitative estimate of drug-likeness (QED) is 0.868. The highest BCUT2D eigenvalue weighted by molar-refractivity contribution is 5.79. The number of carbonyl (C=O) groups excluding carboxylic acids is 1. The predicted octanol–water partition coefficient (Wildman–Crippen LogP) is 1.16. The van der Waals surface area contributed by atoms with Crippen molar-refractivity contribution in [1.29, 1.82) is 0 Å². The standard InChI is InChI=1S/C15H20N2O2/c1-10-3-2-6-16-13(10)7-15(19)17-8-11-4-5-14(18)12(11)9-17/h2-3,6,11-12,14,18H,4-5,7-9H2,1H3. The molecule has 1 saturated heterocycles. The lowest BCUT2D eigenvalue weighted by molar-refractivity contribution is -0.129. The Hall–Kier alpha value is -1.42. The van der Waals surface area contributed by atoms with E-state index in [0.717, 1.165) is 37.2 Å². The highest BCUT2D eigenvalue weighted by atomic mass is 16.3. The van der Waals surface area contributed by atoms with Crippen LogP contribution in [0.4, 0.5) is 0 Å². The number of aromatic nitrogens is 1. The van der Waals surface area contributed by atoms with Gasteiger partial charge in [0, 0.05) is 25.2 Å². The average Bonchev–Trinajstić information content (AvgIpc) is 2.95. The van der Waals surface area contributed by atoms with E-state index >= 15 is 0 Å². The topological polar surface area (TPSA) is 53.4 Å². The van der Waals surface area contributed by atoms with Crippen LogP contribution in [-0.4, -0.2) is 40.1 Å². The number of fused-ring (bicyclic) bond motifs is 1. The predicted molar refractivity (Wildman–Crippen MR) is 71.5 cm³/mol. The van der Waals surface area contributed by atoms with Gasteiger partial charge in [0.05, 0.1) is 18.2 Å². The molecule has 0 radical (unpaired) electrons. The number of hydrogen-bond donors (Lipinski definition) is 1. The summed E-state index contributed by atoms with van der Waals surface area (Å²) in [7, 11) is 0. The molecule has 3 atom stereocenters. The molecule has 19 heavy (non-hydrogen) atoms. The van der Waals surface area contributed by atoms with Crippen molar-refractivity contribution in [3.63, 3.8) is 0 Å². The SMILES string of the molecule is Cc1cccnc1CC(=O)N1CC2CCC(O)C2C1. The molecule has 2 aliphatic rings. The lowest BCUT2D eigenvalue weighted by atomic mass is 10.00. The molecular weight excluding hydrogens is 240 g/mol. The third-order valence-electron chi connectivity index (χ3n) is 4.61. The molecule has 1 N–H and O–H groups in total. The molecule has 4 heteroatoms. The molecule has 2 fully saturated rings. The fourth-order valence-electron chi connectivity index (χ4n) is 3.40. The van der Waals surface area contributed by atoms with Crippen LogP contribution < -0.4 is 0 Å². The van der Waals surface area contributed by atoms with Crippen LogP contribution in [-0.2, 0) is 11.2 Å². The Bertz CT molecular complexity index is 489. The van der Waals surface area contributed by atoms with E-state index in [-0.39, 0.29) is 12.0 Å². The van der Waals surface area contributed by atoms with Crippen LogP contribution in [0.15, 0.2) is 18.3 Å². The molecule has 102 valence electrons. The Kier molecular flexibility index (Phi) is 3.27. The van der Waals surface area contributed by atoms with Gasteiger partial charge >= 0.3 is 0 Å². The Balaban J connectivity index is 1.65. The summed E-state index contributed by atoms with van der Waals surface area (Å²) in [5.74, 6) is 0.945. The highest BCUT2D eigenvalue weighted by Gasteiger charge is 2.43. The van der Waals surface area contributed by atoms with Crippen molar-refractivity contribution in [2.24, 2.45) is 11.8 Å². The smallest absolute Gasteiger partial charge is 0.228 e. The summed E-state index contributed by atoms with van der Waals surface area (Å²) < 4.78 is 0. The van der Waals surface area contributed by atoms with E-state index in [2.05, 4.69) is 4.98 Å². The minimum Gasteiger partial charge on any atom is -0.393 e. The van der Waals surface area contributed by atoms with Gasteiger partial charge in [0.15, 0.2) is 0 Å². The van der Waals surface area contributed by atoms with Crippen LogP contribution in [0.1, 0.15) is 24.1 Å². The maximum absolute atomic E-state index is 12.3. The first kappa shape index (κ1) is 12.6. The molecule has 2 heterocycles. The number of likely N-dealkylation sites (tertiary alicyclic amines) is 1. The summed E-state index contributed by atoms with van der Waals surface area (Å²) in [5.41, 5.74) is 1.93. The zero-order chi connectivity index (χ0) is 13.4. The molecule has 4 nitrogen and oxygen atoms in total. The molecule has 1 aliphatic heterocycles. The molecule has 1 saturated carbocycles. The number of amides is 1. The van der Waals surface area contributed by atoms with Crippen molar-refractivity contribution in [3.8, 4) is 0 Å². The van der Waals surface area contributed by atoms with E-state index in [4.69, 9.17) is 0 Å². The number of nitrogens with zero attached hydrogens (tertiary/aromatic N) is 2. The minimum atomic E-state index is -0.209. The minimum absolute atomic E-state index is 0.142. The Morgan fingerprint density at radius 2 is 2.32 bits per heavy atom. The summed E-state index contributed by atoms with van der Waals surface area (Å²) in [6, 6.07) is 3.87. The van der Waals surface area contributed by atoms with Crippen molar-refractivity contribution in [2.45, 2.75) is 32.3 Å². The average molecular weight is 260 g/mol. The fraction of sp³-hybridized carbons (Fsp3) is 0.600. The molecule has 0 aromatic carbocycles. The molecule has 3 rings (SSSR count). The van der Waals surface area contributed by atoms with Crippen LogP contribution in [0.2, 0.25) is 0 Å². The molecular formula is C15H20N2O2. The molecule has 0 bridgehead atoms. The summed E-state index contributed by atoms with van der Waals surface area (Å²) in [5, 5.41) is 9.88. The van der Waals surface area contributed by atoms with Gasteiger partial charge in [0.2, 0.25) is 5.91 Å². The molecule has 1 aromatic rings. The van der Waals surface area contributed by atoms with E-state index in [9.17, 15) is 9.90 Å². The summed E-state index contributed by atoms with van der Waals surface area (Å²) in [4.78, 5) is 18.5. The lowest BCUT2D eigenvalue weighted by Crippen LogP contribution is -2.32. The molecule has 3 unspecified atom stereocenters. The van der Waals surface area contributed by atoms with Crippen molar-refractivity contribution in [1.82, 2.24) is 9.88 Å². The van der Waals surface area contributed by atoms with Gasteiger partial charge in [0.25, 0.3) is 0 Å². The first-order valence-corrected chi connectivity index (χ1v) is 7.01. The maximum atomic E-state index is 12.3.